The highest BCUT2D eigenvalue weighted by Crippen LogP contribution is 2.30. The van der Waals surface area contributed by atoms with E-state index >= 15 is 0 Å². The minimum Gasteiger partial charge on any atom is -0.319 e. The molecule has 0 saturated heterocycles. The molecule has 1 rings (SSSR count). The minimum atomic E-state index is 0.0293. The molecule has 1 heterocycles. The van der Waals surface area contributed by atoms with E-state index in [0.717, 1.165) is 12.0 Å². The fraction of sp³-hybridized carbons (Fsp3) is 0.600. The summed E-state index contributed by atoms with van der Waals surface area (Å²) in [5.74, 6) is 0.357. The molecule has 2 atom stereocenters. The van der Waals surface area contributed by atoms with Crippen molar-refractivity contribution in [1.29, 1.82) is 0 Å². The number of hydrogen-bond donors (Lipinski definition) is 1. The molecular formula is C10H16N2OS. The van der Waals surface area contributed by atoms with Crippen molar-refractivity contribution in [3.05, 3.63) is 11.0 Å². The van der Waals surface area contributed by atoms with Crippen LogP contribution in [0.4, 0.5) is 0 Å². The van der Waals surface area contributed by atoms with E-state index in [4.69, 9.17) is 5.73 Å². The number of carbonyl (C=O) groups excluding carboxylic acids is 1. The predicted octanol–water partition coefficient (Wildman–Crippen LogP) is 1.59. The van der Waals surface area contributed by atoms with Crippen LogP contribution in [0, 0.1) is 5.92 Å². The summed E-state index contributed by atoms with van der Waals surface area (Å²) in [6, 6.07) is 0. The molecule has 0 saturated carbocycles. The molecule has 4 heteroatoms. The third kappa shape index (κ3) is 2.45. The van der Waals surface area contributed by atoms with Crippen molar-refractivity contribution in [3.63, 3.8) is 0 Å². The topological polar surface area (TPSA) is 55.5 Å². The van der Waals surface area contributed by atoms with E-state index in [1.807, 2.05) is 5.41 Å². The van der Waals surface area contributed by atoms with Gasteiger partial charge in [0.05, 0.1) is 5.37 Å². The second kappa shape index (κ2) is 4.75. The summed E-state index contributed by atoms with van der Waals surface area (Å²) in [5, 5.41) is 2.13. The lowest BCUT2D eigenvalue weighted by molar-refractivity contribution is -0.111. The van der Waals surface area contributed by atoms with Crippen molar-refractivity contribution in [1.82, 2.24) is 0 Å². The summed E-state index contributed by atoms with van der Waals surface area (Å²) >= 11 is 1.57. The van der Waals surface area contributed by atoms with Crippen LogP contribution in [0.2, 0.25) is 0 Å². The van der Waals surface area contributed by atoms with Crippen LogP contribution in [0.5, 0.6) is 0 Å². The molecule has 3 nitrogen and oxygen atoms in total. The number of nitrogens with two attached hydrogens (primary N) is 1. The van der Waals surface area contributed by atoms with Crippen molar-refractivity contribution in [3.8, 4) is 0 Å². The highest BCUT2D eigenvalue weighted by molar-refractivity contribution is 8.02. The highest BCUT2D eigenvalue weighted by atomic mass is 32.2. The van der Waals surface area contributed by atoms with E-state index in [-0.39, 0.29) is 11.2 Å². The van der Waals surface area contributed by atoms with Crippen LogP contribution in [0.1, 0.15) is 20.3 Å². The SMILES string of the molecule is CN=C(C(C)=O)C1=CSC(N)CC1C. The summed E-state index contributed by atoms with van der Waals surface area (Å²) in [4.78, 5) is 15.3. The van der Waals surface area contributed by atoms with E-state index in [1.165, 1.54) is 0 Å². The van der Waals surface area contributed by atoms with Gasteiger partial charge in [0.1, 0.15) is 5.71 Å². The maximum absolute atomic E-state index is 11.3. The monoisotopic (exact) mass is 212 g/mol. The molecule has 0 bridgehead atoms. The zero-order chi connectivity index (χ0) is 10.7. The third-order valence-corrected chi connectivity index (χ3v) is 3.25. The van der Waals surface area contributed by atoms with Crippen LogP contribution in [0.25, 0.3) is 0 Å². The van der Waals surface area contributed by atoms with Crippen molar-refractivity contribution in [2.24, 2.45) is 16.6 Å². The molecule has 2 N–H and O–H groups in total. The Kier molecular flexibility index (Phi) is 3.89. The molecule has 0 aromatic heterocycles. The number of ketones is 1. The van der Waals surface area contributed by atoms with Gasteiger partial charge in [-0.05, 0) is 23.3 Å². The van der Waals surface area contributed by atoms with Crippen LogP contribution >= 0.6 is 11.8 Å². The van der Waals surface area contributed by atoms with Crippen LogP contribution < -0.4 is 5.73 Å². The van der Waals surface area contributed by atoms with E-state index in [1.54, 1.807) is 25.7 Å². The van der Waals surface area contributed by atoms with Crippen LogP contribution in [0.15, 0.2) is 16.0 Å². The summed E-state index contributed by atoms with van der Waals surface area (Å²) in [5.41, 5.74) is 7.43. The molecule has 0 spiro atoms. The molecule has 14 heavy (non-hydrogen) atoms. The van der Waals surface area contributed by atoms with Gasteiger partial charge in [0, 0.05) is 14.0 Å². The van der Waals surface area contributed by atoms with Gasteiger partial charge in [-0.25, -0.2) is 0 Å². The zero-order valence-electron chi connectivity index (χ0n) is 8.78. The molecule has 0 aromatic carbocycles. The number of rotatable bonds is 2. The summed E-state index contributed by atoms with van der Waals surface area (Å²) in [6.07, 6.45) is 0.906. The summed E-state index contributed by atoms with van der Waals surface area (Å²) in [7, 11) is 1.66. The molecule has 1 aliphatic heterocycles. The normalized spacial score (nSPS) is 28.6. The molecule has 78 valence electrons. The number of carbonyl (C=O) groups is 1. The van der Waals surface area contributed by atoms with Gasteiger partial charge in [0.2, 0.25) is 0 Å². The molecule has 2 unspecified atom stereocenters. The zero-order valence-corrected chi connectivity index (χ0v) is 9.60. The van der Waals surface area contributed by atoms with Gasteiger partial charge in [0.15, 0.2) is 5.78 Å². The first kappa shape index (κ1) is 11.5. The maximum atomic E-state index is 11.3. The first-order valence-corrected chi connectivity index (χ1v) is 5.59. The minimum absolute atomic E-state index is 0.0293. The van der Waals surface area contributed by atoms with Crippen LogP contribution in [-0.4, -0.2) is 23.9 Å². The van der Waals surface area contributed by atoms with Gasteiger partial charge in [0.25, 0.3) is 0 Å². The Morgan fingerprint density at radius 3 is 2.79 bits per heavy atom. The van der Waals surface area contributed by atoms with E-state index < -0.39 is 0 Å². The Hall–Kier alpha value is -0.610. The predicted molar refractivity (Wildman–Crippen MR) is 61.5 cm³/mol. The number of allylic oxidation sites excluding steroid dienone is 1. The Labute approximate surface area is 88.8 Å². The first-order chi connectivity index (χ1) is 6.56. The van der Waals surface area contributed by atoms with Gasteiger partial charge in [-0.1, -0.05) is 6.92 Å². The highest BCUT2D eigenvalue weighted by Gasteiger charge is 2.23. The van der Waals surface area contributed by atoms with Gasteiger partial charge < -0.3 is 5.73 Å². The fourth-order valence-corrected chi connectivity index (χ4v) is 2.65. The Balaban J connectivity index is 2.92. The standard InChI is InChI=1S/C10H16N2OS/c1-6-4-9(11)14-5-8(6)10(12-3)7(2)13/h5-6,9H,4,11H2,1-3H3. The van der Waals surface area contributed by atoms with Crippen molar-refractivity contribution in [2.45, 2.75) is 25.6 Å². The van der Waals surface area contributed by atoms with E-state index in [0.29, 0.717) is 11.6 Å². The summed E-state index contributed by atoms with van der Waals surface area (Å²) < 4.78 is 0. The van der Waals surface area contributed by atoms with Crippen molar-refractivity contribution < 1.29 is 4.79 Å². The molecule has 0 aliphatic carbocycles. The third-order valence-electron chi connectivity index (χ3n) is 2.32. The van der Waals surface area contributed by atoms with Crippen molar-refractivity contribution >= 4 is 23.3 Å². The average Bonchev–Trinajstić information content (AvgIpc) is 2.09. The summed E-state index contributed by atoms with van der Waals surface area (Å²) in [6.45, 7) is 3.63. The number of thioether (sulfide) groups is 1. The van der Waals surface area contributed by atoms with Crippen LogP contribution in [0.3, 0.4) is 0 Å². The lowest BCUT2D eigenvalue weighted by Crippen LogP contribution is -2.27. The Morgan fingerprint density at radius 1 is 1.71 bits per heavy atom. The molecular weight excluding hydrogens is 196 g/mol. The fourth-order valence-electron chi connectivity index (χ4n) is 1.59. The maximum Gasteiger partial charge on any atom is 0.177 e. The Bertz CT molecular complexity index is 296. The van der Waals surface area contributed by atoms with Gasteiger partial charge in [-0.2, -0.15) is 0 Å². The van der Waals surface area contributed by atoms with Gasteiger partial charge >= 0.3 is 0 Å². The molecule has 0 amide bonds. The number of nitrogens with zero attached hydrogens (tertiary/aromatic N) is 1. The Morgan fingerprint density at radius 2 is 2.36 bits per heavy atom. The van der Waals surface area contributed by atoms with E-state index in [2.05, 4.69) is 11.9 Å². The number of Topliss-reactive ketones (excluding diaryl/α,β-unsaturated/α-hetero) is 1. The smallest absolute Gasteiger partial charge is 0.177 e. The number of hydrogen-bond acceptors (Lipinski definition) is 4. The lowest BCUT2D eigenvalue weighted by Gasteiger charge is -2.24. The van der Waals surface area contributed by atoms with E-state index in [9.17, 15) is 4.79 Å². The van der Waals surface area contributed by atoms with Crippen LogP contribution in [-0.2, 0) is 4.79 Å². The number of aliphatic imine (C=N–C) groups is 1. The largest absolute Gasteiger partial charge is 0.319 e. The van der Waals surface area contributed by atoms with Gasteiger partial charge in [-0.3, -0.25) is 9.79 Å². The molecule has 0 fully saturated rings. The lowest BCUT2D eigenvalue weighted by atomic mass is 9.93. The van der Waals surface area contributed by atoms with Gasteiger partial charge in [-0.15, -0.1) is 11.8 Å². The molecule has 1 aliphatic rings. The quantitative estimate of drug-likeness (QED) is 0.707. The molecule has 0 radical (unpaired) electrons. The second-order valence-electron chi connectivity index (χ2n) is 3.51. The second-order valence-corrected chi connectivity index (χ2v) is 4.63. The average molecular weight is 212 g/mol. The first-order valence-electron chi connectivity index (χ1n) is 4.65. The van der Waals surface area contributed by atoms with Crippen molar-refractivity contribution in [2.75, 3.05) is 7.05 Å². The molecule has 0 aromatic rings.